The van der Waals surface area contributed by atoms with E-state index in [1.807, 2.05) is 6.07 Å². The number of amides is 2. The Morgan fingerprint density at radius 2 is 2.03 bits per heavy atom. The molecule has 2 aromatic rings. The van der Waals surface area contributed by atoms with Crippen LogP contribution in [-0.2, 0) is 9.53 Å². The van der Waals surface area contributed by atoms with Gasteiger partial charge in [0.15, 0.2) is 0 Å². The van der Waals surface area contributed by atoms with Crippen LogP contribution in [-0.4, -0.2) is 59.9 Å². The Balaban J connectivity index is 1.61. The number of benzene rings is 1. The van der Waals surface area contributed by atoms with E-state index in [-0.39, 0.29) is 47.7 Å². The minimum atomic E-state index is -0.362. The molecular weight excluding hydrogens is 377 g/mol. The molecule has 2 aliphatic heterocycles. The number of aromatic nitrogens is 1. The van der Waals surface area contributed by atoms with Gasteiger partial charge in [-0.15, -0.1) is 0 Å². The molecule has 2 fully saturated rings. The Hall–Kier alpha value is -3.00. The number of nitrogens with one attached hydrogen (secondary N) is 1. The Morgan fingerprint density at radius 3 is 2.76 bits per heavy atom. The number of nitrogens with zero attached hydrogens (tertiary/aromatic N) is 2. The summed E-state index contributed by atoms with van der Waals surface area (Å²) < 4.78 is 18.9. The number of H-pyrrole nitrogens is 1. The summed E-state index contributed by atoms with van der Waals surface area (Å²) in [4.78, 5) is 43.0. The molecule has 2 aliphatic rings. The minimum absolute atomic E-state index is 0.0106. The highest BCUT2D eigenvalue weighted by Gasteiger charge is 2.50. The monoisotopic (exact) mass is 399 g/mol. The predicted octanol–water partition coefficient (Wildman–Crippen LogP) is 1.43. The molecule has 1 aromatic carbocycles. The van der Waals surface area contributed by atoms with Crippen LogP contribution in [0.4, 0.5) is 4.39 Å². The van der Waals surface area contributed by atoms with Crippen molar-refractivity contribution in [3.63, 3.8) is 0 Å². The number of carbonyl (C=O) groups is 2. The molecule has 7 nitrogen and oxygen atoms in total. The molecule has 0 unspecified atom stereocenters. The van der Waals surface area contributed by atoms with Gasteiger partial charge in [0.1, 0.15) is 12.4 Å². The SMILES string of the molecule is COCC(=O)N1C[C@H]2CN(C(=O)c3cc[nH]c(=O)c3)C[C@H]2[C@@H]1c1cccc(F)c1. The van der Waals surface area contributed by atoms with Crippen LogP contribution in [0.25, 0.3) is 0 Å². The Bertz CT molecular complexity index is 992. The molecule has 29 heavy (non-hydrogen) atoms. The zero-order valence-electron chi connectivity index (χ0n) is 16.0. The summed E-state index contributed by atoms with van der Waals surface area (Å²) >= 11 is 0. The summed E-state index contributed by atoms with van der Waals surface area (Å²) in [5, 5.41) is 0. The van der Waals surface area contributed by atoms with E-state index < -0.39 is 0 Å². The molecule has 8 heteroatoms. The lowest BCUT2D eigenvalue weighted by molar-refractivity contribution is -0.136. The van der Waals surface area contributed by atoms with Gasteiger partial charge in [0.2, 0.25) is 11.5 Å². The molecule has 0 aliphatic carbocycles. The zero-order valence-corrected chi connectivity index (χ0v) is 16.0. The molecule has 2 saturated heterocycles. The van der Waals surface area contributed by atoms with E-state index in [0.29, 0.717) is 30.8 Å². The average molecular weight is 399 g/mol. The fraction of sp³-hybridized carbons (Fsp3) is 0.381. The molecule has 3 heterocycles. The molecule has 152 valence electrons. The maximum atomic E-state index is 13.9. The standard InChI is InChI=1S/C21H22FN3O4/c1-29-12-19(27)25-10-15-9-24(21(28)14-5-6-23-18(26)8-14)11-17(15)20(25)13-3-2-4-16(22)7-13/h2-8,15,17,20H,9-12H2,1H3,(H,23,26)/t15-,17-,20+/m1/s1. The van der Waals surface area contributed by atoms with Crippen molar-refractivity contribution < 1.29 is 18.7 Å². The Labute approximate surface area is 167 Å². The highest BCUT2D eigenvalue weighted by atomic mass is 19.1. The van der Waals surface area contributed by atoms with Crippen LogP contribution >= 0.6 is 0 Å². The van der Waals surface area contributed by atoms with Gasteiger partial charge in [-0.05, 0) is 23.8 Å². The maximum Gasteiger partial charge on any atom is 0.254 e. The Morgan fingerprint density at radius 1 is 1.21 bits per heavy atom. The van der Waals surface area contributed by atoms with Gasteiger partial charge in [-0.3, -0.25) is 14.4 Å². The second-order valence-corrected chi connectivity index (χ2v) is 7.55. The van der Waals surface area contributed by atoms with Gasteiger partial charge in [0.25, 0.3) is 5.91 Å². The molecular formula is C21H22FN3O4. The zero-order chi connectivity index (χ0) is 20.5. The summed E-state index contributed by atoms with van der Waals surface area (Å²) in [5.74, 6) is -0.653. The second kappa shape index (κ2) is 7.79. The van der Waals surface area contributed by atoms with E-state index in [0.717, 1.165) is 0 Å². The highest BCUT2D eigenvalue weighted by molar-refractivity contribution is 5.94. The number of halogens is 1. The first-order chi connectivity index (χ1) is 14.0. The van der Waals surface area contributed by atoms with Gasteiger partial charge in [-0.1, -0.05) is 12.1 Å². The van der Waals surface area contributed by atoms with Crippen LogP contribution in [0.3, 0.4) is 0 Å². The lowest BCUT2D eigenvalue weighted by Gasteiger charge is -2.30. The van der Waals surface area contributed by atoms with E-state index in [2.05, 4.69) is 4.98 Å². The lowest BCUT2D eigenvalue weighted by Crippen LogP contribution is -2.39. The normalized spacial score (nSPS) is 23.3. The number of pyridine rings is 1. The lowest BCUT2D eigenvalue weighted by atomic mass is 9.89. The molecule has 1 aromatic heterocycles. The number of aromatic amines is 1. The van der Waals surface area contributed by atoms with E-state index in [1.54, 1.807) is 21.9 Å². The van der Waals surface area contributed by atoms with Gasteiger partial charge in [-0.2, -0.15) is 0 Å². The first kappa shape index (κ1) is 19.3. The smallest absolute Gasteiger partial charge is 0.254 e. The third kappa shape index (κ3) is 3.67. The molecule has 3 atom stereocenters. The van der Waals surface area contributed by atoms with E-state index in [1.165, 1.54) is 31.5 Å². The van der Waals surface area contributed by atoms with Gasteiger partial charge in [0, 0.05) is 56.4 Å². The number of likely N-dealkylation sites (tertiary alicyclic amines) is 2. The van der Waals surface area contributed by atoms with Gasteiger partial charge in [0.05, 0.1) is 6.04 Å². The summed E-state index contributed by atoms with van der Waals surface area (Å²) in [6.07, 6.45) is 1.45. The van der Waals surface area contributed by atoms with Crippen molar-refractivity contribution in [3.8, 4) is 0 Å². The van der Waals surface area contributed by atoms with Crippen molar-refractivity contribution in [1.29, 1.82) is 0 Å². The van der Waals surface area contributed by atoms with Crippen LogP contribution in [0, 0.1) is 17.7 Å². The number of rotatable bonds is 4. The summed E-state index contributed by atoms with van der Waals surface area (Å²) in [5.41, 5.74) is 0.722. The van der Waals surface area contributed by atoms with Gasteiger partial charge >= 0.3 is 0 Å². The quantitative estimate of drug-likeness (QED) is 0.843. The van der Waals surface area contributed by atoms with Crippen molar-refractivity contribution in [2.45, 2.75) is 6.04 Å². The first-order valence-electron chi connectivity index (χ1n) is 9.50. The number of fused-ring (bicyclic) bond motifs is 1. The van der Waals surface area contributed by atoms with Crippen LogP contribution in [0.15, 0.2) is 47.4 Å². The number of hydrogen-bond donors (Lipinski definition) is 1. The highest BCUT2D eigenvalue weighted by Crippen LogP contribution is 2.45. The van der Waals surface area contributed by atoms with Crippen molar-refractivity contribution >= 4 is 11.8 Å². The number of hydrogen-bond acceptors (Lipinski definition) is 4. The summed E-state index contributed by atoms with van der Waals surface area (Å²) in [6, 6.07) is 8.80. The number of methoxy groups -OCH3 is 1. The van der Waals surface area contributed by atoms with E-state index in [9.17, 15) is 18.8 Å². The van der Waals surface area contributed by atoms with Crippen LogP contribution in [0.5, 0.6) is 0 Å². The van der Waals surface area contributed by atoms with Gasteiger partial charge in [-0.25, -0.2) is 4.39 Å². The first-order valence-corrected chi connectivity index (χ1v) is 9.50. The van der Waals surface area contributed by atoms with Crippen LogP contribution < -0.4 is 5.56 Å². The van der Waals surface area contributed by atoms with Gasteiger partial charge < -0.3 is 19.5 Å². The van der Waals surface area contributed by atoms with E-state index in [4.69, 9.17) is 4.74 Å². The Kier molecular flexibility index (Phi) is 5.19. The van der Waals surface area contributed by atoms with Crippen molar-refractivity contribution in [2.75, 3.05) is 33.4 Å². The molecule has 0 spiro atoms. The largest absolute Gasteiger partial charge is 0.375 e. The fourth-order valence-corrected chi connectivity index (χ4v) is 4.55. The predicted molar refractivity (Wildman–Crippen MR) is 103 cm³/mol. The molecule has 2 amide bonds. The van der Waals surface area contributed by atoms with Crippen molar-refractivity contribution in [3.05, 3.63) is 69.9 Å². The third-order valence-corrected chi connectivity index (χ3v) is 5.75. The van der Waals surface area contributed by atoms with Crippen molar-refractivity contribution in [1.82, 2.24) is 14.8 Å². The molecule has 0 bridgehead atoms. The summed E-state index contributed by atoms with van der Waals surface area (Å²) in [6.45, 7) is 1.36. The van der Waals surface area contributed by atoms with Crippen LogP contribution in [0.2, 0.25) is 0 Å². The fourth-order valence-electron chi connectivity index (χ4n) is 4.55. The molecule has 0 radical (unpaired) electrons. The number of ether oxygens (including phenoxy) is 1. The maximum absolute atomic E-state index is 13.9. The van der Waals surface area contributed by atoms with Crippen molar-refractivity contribution in [2.24, 2.45) is 11.8 Å². The molecule has 0 saturated carbocycles. The average Bonchev–Trinajstić information content (AvgIpc) is 3.25. The van der Waals surface area contributed by atoms with Crippen LogP contribution in [0.1, 0.15) is 22.0 Å². The molecule has 4 rings (SSSR count). The topological polar surface area (TPSA) is 82.7 Å². The number of carbonyl (C=O) groups excluding carboxylic acids is 2. The second-order valence-electron chi connectivity index (χ2n) is 7.55. The third-order valence-electron chi connectivity index (χ3n) is 5.75. The summed E-state index contributed by atoms with van der Waals surface area (Å²) in [7, 11) is 1.47. The molecule has 1 N–H and O–H groups in total. The minimum Gasteiger partial charge on any atom is -0.375 e. The van der Waals surface area contributed by atoms with E-state index >= 15 is 0 Å².